The summed E-state index contributed by atoms with van der Waals surface area (Å²) in [7, 11) is -3.66. The molecule has 8 heteroatoms. The Morgan fingerprint density at radius 2 is 2.04 bits per heavy atom. The summed E-state index contributed by atoms with van der Waals surface area (Å²) in [6, 6.07) is 6.15. The van der Waals surface area contributed by atoms with Crippen LogP contribution >= 0.6 is 0 Å². The Balaban J connectivity index is 1.92. The zero-order valence-corrected chi connectivity index (χ0v) is 15.0. The Morgan fingerprint density at radius 1 is 1.32 bits per heavy atom. The van der Waals surface area contributed by atoms with E-state index in [0.29, 0.717) is 6.54 Å². The Bertz CT molecular complexity index is 816. The van der Waals surface area contributed by atoms with Crippen molar-refractivity contribution in [3.8, 4) is 5.69 Å². The van der Waals surface area contributed by atoms with Gasteiger partial charge in [0.1, 0.15) is 16.4 Å². The van der Waals surface area contributed by atoms with E-state index in [1.165, 1.54) is 23.1 Å². The van der Waals surface area contributed by atoms with Crippen LogP contribution in [0.15, 0.2) is 41.6 Å². The number of nitrogens with one attached hydrogen (secondary N) is 1. The second kappa shape index (κ2) is 7.63. The van der Waals surface area contributed by atoms with E-state index in [1.54, 1.807) is 22.5 Å². The number of sulfonamides is 1. The van der Waals surface area contributed by atoms with Gasteiger partial charge in [-0.3, -0.25) is 0 Å². The number of halogens is 1. The van der Waals surface area contributed by atoms with Crippen LogP contribution in [0.5, 0.6) is 0 Å². The van der Waals surface area contributed by atoms with Crippen molar-refractivity contribution in [2.45, 2.75) is 37.1 Å². The molecular weight excluding hydrogens is 343 g/mol. The summed E-state index contributed by atoms with van der Waals surface area (Å²) in [6.45, 7) is 4.06. The highest BCUT2D eigenvalue weighted by Crippen LogP contribution is 2.24. The highest BCUT2D eigenvalue weighted by atomic mass is 32.2. The van der Waals surface area contributed by atoms with Crippen molar-refractivity contribution in [1.29, 1.82) is 0 Å². The van der Waals surface area contributed by atoms with Gasteiger partial charge in [-0.05, 0) is 44.5 Å². The first-order valence-electron chi connectivity index (χ1n) is 8.56. The third kappa shape index (κ3) is 3.75. The number of aromatic nitrogens is 2. The van der Waals surface area contributed by atoms with Crippen LogP contribution < -0.4 is 5.32 Å². The lowest BCUT2D eigenvalue weighted by atomic mass is 10.1. The predicted octanol–water partition coefficient (Wildman–Crippen LogP) is 2.16. The normalized spacial score (nSPS) is 16.4. The summed E-state index contributed by atoms with van der Waals surface area (Å²) < 4.78 is 43.0. The van der Waals surface area contributed by atoms with Gasteiger partial charge in [-0.1, -0.05) is 19.1 Å². The van der Waals surface area contributed by atoms with Gasteiger partial charge in [0, 0.05) is 12.6 Å². The van der Waals surface area contributed by atoms with E-state index < -0.39 is 15.8 Å². The molecule has 1 saturated heterocycles. The number of hydrogen-bond acceptors (Lipinski definition) is 4. The molecule has 0 saturated carbocycles. The molecule has 1 N–H and O–H groups in total. The molecule has 1 aliphatic rings. The Hall–Kier alpha value is -1.77. The van der Waals surface area contributed by atoms with Crippen LogP contribution in [-0.4, -0.2) is 48.2 Å². The largest absolute Gasteiger partial charge is 0.317 e. The molecule has 0 radical (unpaired) electrons. The average Bonchev–Trinajstić information content (AvgIpc) is 3.11. The fraction of sp³-hybridized carbons (Fsp3) is 0.471. The summed E-state index contributed by atoms with van der Waals surface area (Å²) in [6.07, 6.45) is 5.01. The minimum atomic E-state index is -3.66. The van der Waals surface area contributed by atoms with Gasteiger partial charge >= 0.3 is 0 Å². The maximum atomic E-state index is 13.9. The molecule has 25 heavy (non-hydrogen) atoms. The number of hydrogen-bond donors (Lipinski definition) is 1. The Kier molecular flexibility index (Phi) is 5.51. The van der Waals surface area contributed by atoms with E-state index in [4.69, 9.17) is 0 Å². The molecule has 0 amide bonds. The molecule has 136 valence electrons. The third-order valence-corrected chi connectivity index (χ3v) is 6.33. The molecule has 2 heterocycles. The van der Waals surface area contributed by atoms with Crippen LogP contribution in [0.3, 0.4) is 0 Å². The van der Waals surface area contributed by atoms with Crippen molar-refractivity contribution in [3.05, 3.63) is 42.5 Å². The second-order valence-electron chi connectivity index (χ2n) is 6.17. The number of benzene rings is 1. The summed E-state index contributed by atoms with van der Waals surface area (Å²) in [5.41, 5.74) is 0.229. The van der Waals surface area contributed by atoms with E-state index >= 15 is 0 Å². The van der Waals surface area contributed by atoms with E-state index in [-0.39, 0.29) is 16.6 Å². The van der Waals surface area contributed by atoms with Crippen molar-refractivity contribution >= 4 is 10.0 Å². The van der Waals surface area contributed by atoms with Crippen LogP contribution in [0.4, 0.5) is 4.39 Å². The molecule has 0 spiro atoms. The molecule has 1 aliphatic heterocycles. The van der Waals surface area contributed by atoms with Crippen LogP contribution in [-0.2, 0) is 10.0 Å². The van der Waals surface area contributed by atoms with Gasteiger partial charge in [0.25, 0.3) is 0 Å². The minimum absolute atomic E-state index is 0.0111. The van der Waals surface area contributed by atoms with Crippen LogP contribution in [0.25, 0.3) is 5.69 Å². The Morgan fingerprint density at radius 3 is 2.72 bits per heavy atom. The molecule has 0 unspecified atom stereocenters. The van der Waals surface area contributed by atoms with Gasteiger partial charge < -0.3 is 5.32 Å². The number of nitrogens with zero attached hydrogens (tertiary/aromatic N) is 3. The smallest absolute Gasteiger partial charge is 0.246 e. The van der Waals surface area contributed by atoms with Crippen LogP contribution in [0.1, 0.15) is 26.2 Å². The quantitative estimate of drug-likeness (QED) is 0.851. The fourth-order valence-corrected chi connectivity index (χ4v) is 4.87. The predicted molar refractivity (Wildman–Crippen MR) is 93.6 cm³/mol. The minimum Gasteiger partial charge on any atom is -0.317 e. The average molecular weight is 366 g/mol. The lowest BCUT2D eigenvalue weighted by Gasteiger charge is -2.33. The molecule has 3 rings (SSSR count). The van der Waals surface area contributed by atoms with Crippen molar-refractivity contribution in [3.63, 3.8) is 0 Å². The van der Waals surface area contributed by atoms with Gasteiger partial charge in [-0.2, -0.15) is 9.40 Å². The highest BCUT2D eigenvalue weighted by molar-refractivity contribution is 7.89. The summed E-state index contributed by atoms with van der Waals surface area (Å²) in [4.78, 5) is 0.0998. The van der Waals surface area contributed by atoms with Crippen molar-refractivity contribution in [1.82, 2.24) is 19.4 Å². The first kappa shape index (κ1) is 18.0. The standard InChI is InChI=1S/C17H23FN4O2S/c1-2-11-22(14-7-9-19-10-8-14)25(23,24)15-12-20-21(13-15)17-6-4-3-5-16(17)18/h3-6,12-14,19H,2,7-11H2,1H3. The van der Waals surface area contributed by atoms with E-state index in [1.807, 2.05) is 6.92 Å². The molecule has 0 aliphatic carbocycles. The molecule has 6 nitrogen and oxygen atoms in total. The second-order valence-corrected chi connectivity index (χ2v) is 8.06. The van der Waals surface area contributed by atoms with Crippen molar-refractivity contribution in [2.75, 3.05) is 19.6 Å². The Labute approximate surface area is 147 Å². The SMILES string of the molecule is CCCN(C1CCNCC1)S(=O)(=O)c1cnn(-c2ccccc2F)c1. The van der Waals surface area contributed by atoms with Gasteiger partial charge in [0.2, 0.25) is 10.0 Å². The van der Waals surface area contributed by atoms with Gasteiger partial charge in [0.15, 0.2) is 0 Å². The number of piperidine rings is 1. The number of rotatable bonds is 6. The monoisotopic (exact) mass is 366 g/mol. The van der Waals surface area contributed by atoms with Crippen LogP contribution in [0.2, 0.25) is 0 Å². The molecule has 2 aromatic rings. The van der Waals surface area contributed by atoms with E-state index in [9.17, 15) is 12.8 Å². The zero-order valence-electron chi connectivity index (χ0n) is 14.2. The van der Waals surface area contributed by atoms with Crippen LogP contribution in [0, 0.1) is 5.82 Å². The first-order chi connectivity index (χ1) is 12.0. The maximum Gasteiger partial charge on any atom is 0.246 e. The third-order valence-electron chi connectivity index (χ3n) is 4.42. The summed E-state index contributed by atoms with van der Waals surface area (Å²) >= 11 is 0. The van der Waals surface area contributed by atoms with Gasteiger partial charge in [-0.15, -0.1) is 0 Å². The van der Waals surface area contributed by atoms with Gasteiger partial charge in [-0.25, -0.2) is 17.5 Å². The van der Waals surface area contributed by atoms with E-state index in [2.05, 4.69) is 10.4 Å². The summed E-state index contributed by atoms with van der Waals surface area (Å²) in [5, 5.41) is 7.31. The van der Waals surface area contributed by atoms with E-state index in [0.717, 1.165) is 32.4 Å². The topological polar surface area (TPSA) is 67.2 Å². The molecule has 0 bridgehead atoms. The highest BCUT2D eigenvalue weighted by Gasteiger charge is 2.32. The van der Waals surface area contributed by atoms with Crippen molar-refractivity contribution in [2.24, 2.45) is 0 Å². The summed E-state index contributed by atoms with van der Waals surface area (Å²) in [5.74, 6) is -0.446. The lowest BCUT2D eigenvalue weighted by Crippen LogP contribution is -2.46. The van der Waals surface area contributed by atoms with Crippen molar-refractivity contribution < 1.29 is 12.8 Å². The molecule has 1 aromatic heterocycles. The van der Waals surface area contributed by atoms with Gasteiger partial charge in [0.05, 0.1) is 12.4 Å². The molecule has 1 fully saturated rings. The maximum absolute atomic E-state index is 13.9. The lowest BCUT2D eigenvalue weighted by molar-refractivity contribution is 0.262. The molecule has 0 atom stereocenters. The number of para-hydroxylation sites is 1. The molecule has 1 aromatic carbocycles. The first-order valence-corrected chi connectivity index (χ1v) is 10.00. The fourth-order valence-electron chi connectivity index (χ4n) is 3.16. The zero-order chi connectivity index (χ0) is 17.9. The molecular formula is C17H23FN4O2S.